The minimum Gasteiger partial charge on any atom is -0.465 e. The summed E-state index contributed by atoms with van der Waals surface area (Å²) in [6.07, 6.45) is 6.63. The molecule has 3 rings (SSSR count). The average molecular weight is 586 g/mol. The highest BCUT2D eigenvalue weighted by Crippen LogP contribution is 2.33. The number of nitrogens with zero attached hydrogens (tertiary/aromatic N) is 1. The van der Waals surface area contributed by atoms with Crippen molar-refractivity contribution in [2.24, 2.45) is 0 Å². The van der Waals surface area contributed by atoms with Gasteiger partial charge in [0.1, 0.15) is 13.2 Å². The molecule has 2 saturated heterocycles. The molecule has 0 saturated carbocycles. The van der Waals surface area contributed by atoms with Gasteiger partial charge in [-0.15, -0.1) is 0 Å². The van der Waals surface area contributed by atoms with Gasteiger partial charge in [0.05, 0.1) is 19.6 Å². The zero-order valence-corrected chi connectivity index (χ0v) is 24.9. The van der Waals surface area contributed by atoms with Crippen molar-refractivity contribution in [3.05, 3.63) is 23.8 Å². The van der Waals surface area contributed by atoms with Crippen LogP contribution in [0.15, 0.2) is 18.2 Å². The van der Waals surface area contributed by atoms with Crippen LogP contribution in [0.5, 0.6) is 11.5 Å². The van der Waals surface area contributed by atoms with Gasteiger partial charge in [-0.25, -0.2) is 0 Å². The van der Waals surface area contributed by atoms with Crippen LogP contribution in [0.2, 0.25) is 0 Å². The van der Waals surface area contributed by atoms with E-state index in [0.717, 1.165) is 57.1 Å². The van der Waals surface area contributed by atoms with Crippen LogP contribution in [0.25, 0.3) is 0 Å². The summed E-state index contributed by atoms with van der Waals surface area (Å²) in [5.74, 6) is 2.07. The monoisotopic (exact) mass is 585 g/mol. The fourth-order valence-electron chi connectivity index (χ4n) is 4.07. The Hall–Kier alpha value is -1.66. The minimum atomic E-state index is -0.323. The fourth-order valence-corrected chi connectivity index (χ4v) is 5.72. The average Bonchev–Trinajstić information content (AvgIpc) is 2.92. The molecule has 220 valence electrons. The first-order valence-electron chi connectivity index (χ1n) is 13.9. The molecular formula is C28H43NO8S2. The molecule has 0 bridgehead atoms. The maximum absolute atomic E-state index is 12.4. The van der Waals surface area contributed by atoms with Gasteiger partial charge in [-0.2, -0.15) is 0 Å². The third kappa shape index (κ3) is 13.5. The first kappa shape index (κ1) is 31.9. The van der Waals surface area contributed by atoms with E-state index in [1.807, 2.05) is 37.2 Å². The molecule has 2 aliphatic heterocycles. The van der Waals surface area contributed by atoms with Gasteiger partial charge in [0.15, 0.2) is 24.1 Å². The van der Waals surface area contributed by atoms with Crippen molar-refractivity contribution in [3.8, 4) is 11.5 Å². The molecule has 0 radical (unpaired) electrons. The maximum atomic E-state index is 12.4. The molecule has 1 aromatic carbocycles. The molecule has 2 aliphatic rings. The number of benzene rings is 1. The molecule has 2 unspecified atom stereocenters. The number of hydrogen-bond acceptors (Lipinski definition) is 11. The number of ether oxygens (including phenoxy) is 6. The number of carbonyl (C=O) groups excluding carboxylic acids is 2. The molecule has 0 aromatic heterocycles. The summed E-state index contributed by atoms with van der Waals surface area (Å²) in [5.41, 5.74) is 0.789. The lowest BCUT2D eigenvalue weighted by molar-refractivity contribution is -0.143. The van der Waals surface area contributed by atoms with Crippen LogP contribution in [0.3, 0.4) is 0 Å². The van der Waals surface area contributed by atoms with E-state index in [1.165, 1.54) is 0 Å². The van der Waals surface area contributed by atoms with Crippen molar-refractivity contribution in [3.63, 3.8) is 0 Å². The van der Waals surface area contributed by atoms with E-state index < -0.39 is 0 Å². The number of carbonyl (C=O) groups is 2. The molecular weight excluding hydrogens is 542 g/mol. The van der Waals surface area contributed by atoms with Crippen molar-refractivity contribution in [2.45, 2.75) is 70.4 Å². The lowest BCUT2D eigenvalue weighted by atomic mass is 10.1. The Balaban J connectivity index is 1.35. The van der Waals surface area contributed by atoms with Gasteiger partial charge in [0.25, 0.3) is 0 Å². The molecule has 2 fully saturated rings. The predicted octanol–water partition coefficient (Wildman–Crippen LogP) is 4.85. The molecule has 0 aliphatic carbocycles. The summed E-state index contributed by atoms with van der Waals surface area (Å²) in [6, 6.07) is 5.53. The number of rotatable bonds is 17. The Labute approximate surface area is 240 Å². The van der Waals surface area contributed by atoms with Crippen molar-refractivity contribution in [2.75, 3.05) is 58.6 Å². The lowest BCUT2D eigenvalue weighted by Crippen LogP contribution is -2.27. The summed E-state index contributed by atoms with van der Waals surface area (Å²) in [4.78, 5) is 26.2. The van der Waals surface area contributed by atoms with Crippen LogP contribution in [0.1, 0.15) is 56.9 Å². The molecule has 0 amide bonds. The first-order chi connectivity index (χ1) is 19.0. The summed E-state index contributed by atoms with van der Waals surface area (Å²) in [6.45, 7) is 2.95. The van der Waals surface area contributed by atoms with E-state index in [-0.39, 0.29) is 30.9 Å². The van der Waals surface area contributed by atoms with Crippen LogP contribution >= 0.6 is 21.6 Å². The lowest BCUT2D eigenvalue weighted by Gasteiger charge is -2.27. The van der Waals surface area contributed by atoms with Crippen molar-refractivity contribution in [1.29, 1.82) is 0 Å². The van der Waals surface area contributed by atoms with Crippen molar-refractivity contribution in [1.82, 2.24) is 4.90 Å². The third-order valence-electron chi connectivity index (χ3n) is 6.08. The molecule has 39 heavy (non-hydrogen) atoms. The van der Waals surface area contributed by atoms with E-state index in [4.69, 9.17) is 28.4 Å². The largest absolute Gasteiger partial charge is 0.465 e. The van der Waals surface area contributed by atoms with Crippen molar-refractivity contribution >= 4 is 33.5 Å². The van der Waals surface area contributed by atoms with Crippen LogP contribution in [0.4, 0.5) is 0 Å². The third-order valence-corrected chi connectivity index (χ3v) is 8.41. The SMILES string of the molecule is CN(C)CCCC(=O)OCCSSCCOC(=O)Cc1ccc(OC2CCCCO2)c(OC2CCCCO2)c1. The maximum Gasteiger partial charge on any atom is 0.310 e. The quantitative estimate of drug-likeness (QED) is 0.143. The van der Waals surface area contributed by atoms with Gasteiger partial charge < -0.3 is 33.3 Å². The summed E-state index contributed by atoms with van der Waals surface area (Å²) in [5, 5.41) is 0. The highest BCUT2D eigenvalue weighted by Gasteiger charge is 2.22. The zero-order chi connectivity index (χ0) is 27.7. The van der Waals surface area contributed by atoms with Gasteiger partial charge >= 0.3 is 11.9 Å². The standard InChI is InChI=1S/C28H43NO8S2/c1-29(2)13-7-8-25(30)32-16-18-38-39-19-17-33-26(31)21-22-11-12-23(36-27-9-3-5-14-34-27)24(20-22)37-28-10-4-6-15-35-28/h11-12,20,27-28H,3-10,13-19,21H2,1-2H3. The molecule has 0 N–H and O–H groups in total. The van der Waals surface area contributed by atoms with E-state index in [9.17, 15) is 9.59 Å². The molecule has 2 heterocycles. The van der Waals surface area contributed by atoms with Crippen LogP contribution in [-0.4, -0.2) is 88.0 Å². The second-order valence-electron chi connectivity index (χ2n) is 9.78. The topological polar surface area (TPSA) is 92.8 Å². The summed E-state index contributed by atoms with van der Waals surface area (Å²) in [7, 11) is 7.16. The number of esters is 2. The van der Waals surface area contributed by atoms with E-state index >= 15 is 0 Å². The molecule has 0 spiro atoms. The van der Waals surface area contributed by atoms with Gasteiger partial charge in [0.2, 0.25) is 0 Å². The smallest absolute Gasteiger partial charge is 0.310 e. The van der Waals surface area contributed by atoms with Gasteiger partial charge in [-0.1, -0.05) is 27.7 Å². The molecule has 11 heteroatoms. The predicted molar refractivity (Wildman–Crippen MR) is 153 cm³/mol. The second kappa shape index (κ2) is 18.6. The molecule has 1 aromatic rings. The Morgan fingerprint density at radius 2 is 1.49 bits per heavy atom. The highest BCUT2D eigenvalue weighted by molar-refractivity contribution is 8.76. The van der Waals surface area contributed by atoms with E-state index in [0.29, 0.717) is 55.9 Å². The van der Waals surface area contributed by atoms with E-state index in [1.54, 1.807) is 21.6 Å². The normalized spacial score (nSPS) is 19.5. The Morgan fingerprint density at radius 3 is 2.08 bits per heavy atom. The Kier molecular flexibility index (Phi) is 15.2. The minimum absolute atomic E-state index is 0.143. The highest BCUT2D eigenvalue weighted by atomic mass is 33.1. The zero-order valence-electron chi connectivity index (χ0n) is 23.2. The summed E-state index contributed by atoms with van der Waals surface area (Å²) < 4.78 is 34.4. The van der Waals surface area contributed by atoms with Gasteiger partial charge in [-0.05, 0) is 70.4 Å². The molecule has 2 atom stereocenters. The fraction of sp³-hybridized carbons (Fsp3) is 0.714. The summed E-state index contributed by atoms with van der Waals surface area (Å²) >= 11 is 0. The number of hydrogen-bond donors (Lipinski definition) is 0. The van der Waals surface area contributed by atoms with E-state index in [2.05, 4.69) is 0 Å². The first-order valence-corrected chi connectivity index (χ1v) is 16.4. The van der Waals surface area contributed by atoms with Crippen LogP contribution in [-0.2, 0) is 35.0 Å². The van der Waals surface area contributed by atoms with Crippen LogP contribution in [0, 0.1) is 0 Å². The van der Waals surface area contributed by atoms with Crippen LogP contribution < -0.4 is 9.47 Å². The molecule has 9 nitrogen and oxygen atoms in total. The van der Waals surface area contributed by atoms with Crippen molar-refractivity contribution < 1.29 is 38.0 Å². The Bertz CT molecular complexity index is 860. The van der Waals surface area contributed by atoms with Gasteiger partial charge in [0, 0.05) is 30.8 Å². The Morgan fingerprint density at radius 1 is 0.872 bits per heavy atom. The van der Waals surface area contributed by atoms with Gasteiger partial charge in [-0.3, -0.25) is 9.59 Å². The second-order valence-corrected chi connectivity index (χ2v) is 12.5.